The van der Waals surface area contributed by atoms with Crippen LogP contribution in [0.25, 0.3) is 0 Å². The molecule has 138 valence electrons. The Bertz CT molecular complexity index is 917. The lowest BCUT2D eigenvalue weighted by atomic mass is 10.1. The summed E-state index contributed by atoms with van der Waals surface area (Å²) in [5, 5.41) is 11.7. The second kappa shape index (κ2) is 8.14. The maximum Gasteiger partial charge on any atom is 0.335 e. The highest BCUT2D eigenvalue weighted by molar-refractivity contribution is 7.90. The van der Waals surface area contributed by atoms with E-state index in [4.69, 9.17) is 5.11 Å². The van der Waals surface area contributed by atoms with Gasteiger partial charge in [0, 0.05) is 18.4 Å². The number of carboxylic acid groups (broad SMARTS) is 1. The Kier molecular flexibility index (Phi) is 6.15. The van der Waals surface area contributed by atoms with Gasteiger partial charge in [0.1, 0.15) is 0 Å². The molecule has 26 heavy (non-hydrogen) atoms. The van der Waals surface area contributed by atoms with Gasteiger partial charge in [-0.05, 0) is 43.5 Å². The molecule has 1 amide bonds. The van der Waals surface area contributed by atoms with Crippen LogP contribution in [0.2, 0.25) is 0 Å². The minimum Gasteiger partial charge on any atom is -0.478 e. The summed E-state index contributed by atoms with van der Waals surface area (Å²) >= 11 is 0. The standard InChI is InChI=1S/C19H21NO5S/c1-13-6-8-14(9-7-13)4-3-5-18(21)20-16-10-15(19(22)23)11-17(12-16)26(2,24)25/h6-12H,3-5H2,1-2H3,(H,20,21)(H,22,23). The number of amides is 1. The molecule has 0 aliphatic carbocycles. The van der Waals surface area contributed by atoms with Crippen molar-refractivity contribution in [3.63, 3.8) is 0 Å². The Balaban J connectivity index is 2.02. The number of aromatic carboxylic acids is 1. The minimum atomic E-state index is -3.59. The van der Waals surface area contributed by atoms with E-state index in [2.05, 4.69) is 5.32 Å². The third kappa shape index (κ3) is 5.70. The van der Waals surface area contributed by atoms with Gasteiger partial charge in [-0.1, -0.05) is 29.8 Å². The van der Waals surface area contributed by atoms with Gasteiger partial charge in [-0.15, -0.1) is 0 Å². The third-order valence-electron chi connectivity index (χ3n) is 3.86. The average Bonchev–Trinajstić information content (AvgIpc) is 2.55. The van der Waals surface area contributed by atoms with Gasteiger partial charge >= 0.3 is 5.97 Å². The molecule has 0 unspecified atom stereocenters. The Hall–Kier alpha value is -2.67. The fraction of sp³-hybridized carbons (Fsp3) is 0.263. The molecule has 0 saturated carbocycles. The predicted octanol–water partition coefficient (Wildman–Crippen LogP) is 3.06. The van der Waals surface area contributed by atoms with Crippen molar-refractivity contribution >= 4 is 27.4 Å². The quantitative estimate of drug-likeness (QED) is 0.775. The van der Waals surface area contributed by atoms with Gasteiger partial charge in [-0.25, -0.2) is 13.2 Å². The fourth-order valence-corrected chi connectivity index (χ4v) is 3.12. The van der Waals surface area contributed by atoms with Crippen LogP contribution in [0.5, 0.6) is 0 Å². The van der Waals surface area contributed by atoms with Gasteiger partial charge in [0.25, 0.3) is 0 Å². The maximum absolute atomic E-state index is 12.1. The van der Waals surface area contributed by atoms with Gasteiger partial charge in [0.05, 0.1) is 10.5 Å². The number of sulfone groups is 1. The maximum atomic E-state index is 12.1. The van der Waals surface area contributed by atoms with Gasteiger partial charge in [0.2, 0.25) is 5.91 Å². The molecule has 0 heterocycles. The number of aryl methyl sites for hydroxylation is 2. The molecule has 7 heteroatoms. The summed E-state index contributed by atoms with van der Waals surface area (Å²) in [6.45, 7) is 2.01. The van der Waals surface area contributed by atoms with E-state index in [0.717, 1.165) is 24.3 Å². The van der Waals surface area contributed by atoms with Crippen molar-refractivity contribution in [1.29, 1.82) is 0 Å². The summed E-state index contributed by atoms with van der Waals surface area (Å²) in [5.74, 6) is -1.55. The zero-order chi connectivity index (χ0) is 19.3. The van der Waals surface area contributed by atoms with Crippen LogP contribution in [-0.2, 0) is 21.1 Å². The van der Waals surface area contributed by atoms with Gasteiger partial charge in [-0.2, -0.15) is 0 Å². The van der Waals surface area contributed by atoms with Crippen molar-refractivity contribution in [3.05, 3.63) is 59.2 Å². The van der Waals surface area contributed by atoms with Crippen LogP contribution in [0.1, 0.15) is 34.3 Å². The molecule has 0 atom stereocenters. The van der Waals surface area contributed by atoms with Crippen LogP contribution in [-0.4, -0.2) is 31.7 Å². The first-order chi connectivity index (χ1) is 12.1. The topological polar surface area (TPSA) is 101 Å². The molecular weight excluding hydrogens is 354 g/mol. The van der Waals surface area contributed by atoms with E-state index in [0.29, 0.717) is 6.42 Å². The lowest BCUT2D eigenvalue weighted by Gasteiger charge is -2.09. The molecule has 0 bridgehead atoms. The summed E-state index contributed by atoms with van der Waals surface area (Å²) in [6, 6.07) is 11.6. The fourth-order valence-electron chi connectivity index (χ4n) is 2.44. The number of carboxylic acids is 1. The third-order valence-corrected chi connectivity index (χ3v) is 4.95. The summed E-state index contributed by atoms with van der Waals surface area (Å²) < 4.78 is 23.4. The molecule has 0 aliphatic heterocycles. The van der Waals surface area contributed by atoms with E-state index in [9.17, 15) is 18.0 Å². The Morgan fingerprint density at radius 2 is 1.73 bits per heavy atom. The smallest absolute Gasteiger partial charge is 0.335 e. The lowest BCUT2D eigenvalue weighted by Crippen LogP contribution is -2.13. The molecule has 2 rings (SSSR count). The van der Waals surface area contributed by atoms with Crippen LogP contribution in [0, 0.1) is 6.92 Å². The first kappa shape index (κ1) is 19.7. The highest BCUT2D eigenvalue weighted by atomic mass is 32.2. The van der Waals surface area contributed by atoms with Crippen LogP contribution < -0.4 is 5.32 Å². The molecule has 0 aromatic heterocycles. The number of carbonyl (C=O) groups excluding carboxylic acids is 1. The summed E-state index contributed by atoms with van der Waals surface area (Å²) in [4.78, 5) is 23.1. The van der Waals surface area contributed by atoms with Crippen molar-refractivity contribution in [3.8, 4) is 0 Å². The number of hydrogen-bond donors (Lipinski definition) is 2. The number of carbonyl (C=O) groups is 2. The van der Waals surface area contributed by atoms with Crippen LogP contribution in [0.15, 0.2) is 47.4 Å². The molecule has 0 radical (unpaired) electrons. The van der Waals surface area contributed by atoms with E-state index >= 15 is 0 Å². The molecule has 2 N–H and O–H groups in total. The lowest BCUT2D eigenvalue weighted by molar-refractivity contribution is -0.116. The molecule has 2 aromatic rings. The summed E-state index contributed by atoms with van der Waals surface area (Å²) in [5.41, 5.74) is 2.27. The summed E-state index contributed by atoms with van der Waals surface area (Å²) in [7, 11) is -3.59. The number of hydrogen-bond acceptors (Lipinski definition) is 4. The zero-order valence-electron chi connectivity index (χ0n) is 14.7. The normalized spacial score (nSPS) is 11.2. The van der Waals surface area contributed by atoms with Crippen molar-refractivity contribution in [2.24, 2.45) is 0 Å². The van der Waals surface area contributed by atoms with E-state index < -0.39 is 15.8 Å². The van der Waals surface area contributed by atoms with Gasteiger partial charge < -0.3 is 10.4 Å². The number of nitrogens with one attached hydrogen (secondary N) is 1. The largest absolute Gasteiger partial charge is 0.478 e. The van der Waals surface area contributed by atoms with E-state index in [1.807, 2.05) is 31.2 Å². The minimum absolute atomic E-state index is 0.146. The van der Waals surface area contributed by atoms with Crippen LogP contribution >= 0.6 is 0 Å². The first-order valence-corrected chi connectivity index (χ1v) is 9.98. The van der Waals surface area contributed by atoms with E-state index in [1.54, 1.807) is 0 Å². The first-order valence-electron chi connectivity index (χ1n) is 8.09. The Morgan fingerprint density at radius 3 is 2.31 bits per heavy atom. The predicted molar refractivity (Wildman–Crippen MR) is 99.3 cm³/mol. The van der Waals surface area contributed by atoms with Crippen LogP contribution in [0.3, 0.4) is 0 Å². The van der Waals surface area contributed by atoms with Crippen molar-refractivity contribution in [2.75, 3.05) is 11.6 Å². The molecule has 0 saturated heterocycles. The highest BCUT2D eigenvalue weighted by Gasteiger charge is 2.15. The van der Waals surface area contributed by atoms with Crippen molar-refractivity contribution < 1.29 is 23.1 Å². The highest BCUT2D eigenvalue weighted by Crippen LogP contribution is 2.20. The Labute approximate surface area is 152 Å². The second-order valence-corrected chi connectivity index (χ2v) is 8.23. The molecule has 0 spiro atoms. The molecular formula is C19H21NO5S. The number of rotatable bonds is 7. The molecule has 6 nitrogen and oxygen atoms in total. The average molecular weight is 375 g/mol. The molecule has 2 aromatic carbocycles. The second-order valence-electron chi connectivity index (χ2n) is 6.21. The van der Waals surface area contributed by atoms with Gasteiger partial charge in [0.15, 0.2) is 9.84 Å². The zero-order valence-corrected chi connectivity index (χ0v) is 15.5. The number of benzene rings is 2. The molecule has 0 aliphatic rings. The van der Waals surface area contributed by atoms with E-state index in [1.165, 1.54) is 17.7 Å². The van der Waals surface area contributed by atoms with E-state index in [-0.39, 0.29) is 28.5 Å². The monoisotopic (exact) mass is 375 g/mol. The summed E-state index contributed by atoms with van der Waals surface area (Å²) in [6.07, 6.45) is 2.62. The van der Waals surface area contributed by atoms with Gasteiger partial charge in [-0.3, -0.25) is 4.79 Å². The van der Waals surface area contributed by atoms with Crippen LogP contribution in [0.4, 0.5) is 5.69 Å². The Morgan fingerprint density at radius 1 is 1.08 bits per heavy atom. The number of anilines is 1. The molecule has 0 fully saturated rings. The van der Waals surface area contributed by atoms with Crippen molar-refractivity contribution in [2.45, 2.75) is 31.1 Å². The SMILES string of the molecule is Cc1ccc(CCCC(=O)Nc2cc(C(=O)O)cc(S(C)(=O)=O)c2)cc1. The van der Waals surface area contributed by atoms with Crippen molar-refractivity contribution in [1.82, 2.24) is 0 Å².